The molecule has 0 saturated heterocycles. The average molecular weight is 246 g/mol. The van der Waals surface area contributed by atoms with Crippen molar-refractivity contribution in [1.29, 1.82) is 0 Å². The van der Waals surface area contributed by atoms with Gasteiger partial charge in [-0.05, 0) is 22.5 Å². The predicted octanol–water partition coefficient (Wildman–Crippen LogP) is 2.06. The summed E-state index contributed by atoms with van der Waals surface area (Å²) in [4.78, 5) is 0. The summed E-state index contributed by atoms with van der Waals surface area (Å²) in [6, 6.07) is 14.9. The number of methoxy groups -OCH3 is 1. The molecule has 0 N–H and O–H groups in total. The first-order chi connectivity index (χ1) is 8.33. The largest absolute Gasteiger partial charge is 0.413 e. The van der Waals surface area contributed by atoms with Gasteiger partial charge in [0.1, 0.15) is 0 Å². The van der Waals surface area contributed by atoms with Crippen LogP contribution in [0.4, 0.5) is 0 Å². The average Bonchev–Trinajstić information content (AvgIpc) is 2.38. The van der Waals surface area contributed by atoms with Gasteiger partial charge in [0.15, 0.2) is 0 Å². The van der Waals surface area contributed by atoms with Gasteiger partial charge in [-0.2, -0.15) is 0 Å². The molecule has 0 spiro atoms. The molecule has 1 atom stereocenters. The number of fused-ring (bicyclic) bond motifs is 1. The molecule has 2 aromatic carbocycles. The maximum absolute atomic E-state index is 5.89. The predicted molar refractivity (Wildman–Crippen MR) is 74.4 cm³/mol. The van der Waals surface area contributed by atoms with Crippen LogP contribution in [0, 0.1) is 0 Å². The summed E-state index contributed by atoms with van der Waals surface area (Å²) in [5.74, 6) is 0. The number of hydrogen-bond donors (Lipinski definition) is 0. The van der Waals surface area contributed by atoms with Gasteiger partial charge >= 0.3 is 0 Å². The molecule has 0 amide bonds. The van der Waals surface area contributed by atoms with Crippen molar-refractivity contribution in [3.05, 3.63) is 42.5 Å². The topological polar surface area (TPSA) is 18.5 Å². The molecule has 17 heavy (non-hydrogen) atoms. The molecule has 0 saturated carbocycles. The Balaban J connectivity index is 2.22. The Morgan fingerprint density at radius 2 is 1.76 bits per heavy atom. The van der Waals surface area contributed by atoms with Crippen LogP contribution in [0.5, 0.6) is 0 Å². The maximum atomic E-state index is 5.89. The van der Waals surface area contributed by atoms with Crippen LogP contribution in [0.1, 0.15) is 0 Å². The monoisotopic (exact) mass is 246 g/mol. The van der Waals surface area contributed by atoms with Gasteiger partial charge in [-0.1, -0.05) is 42.5 Å². The van der Waals surface area contributed by atoms with Gasteiger partial charge in [0.2, 0.25) is 9.04 Å². The quantitative estimate of drug-likeness (QED) is 0.594. The fourth-order valence-electron chi connectivity index (χ4n) is 2.00. The Kier molecular flexibility index (Phi) is 4.31. The molecule has 0 fully saturated rings. The Morgan fingerprint density at radius 1 is 1.00 bits per heavy atom. The lowest BCUT2D eigenvalue weighted by atomic mass is 10.1. The summed E-state index contributed by atoms with van der Waals surface area (Å²) < 4.78 is 10.9. The molecular formula is C14H18O2Si. The molecule has 2 aromatic rings. The lowest BCUT2D eigenvalue weighted by Crippen LogP contribution is -2.31. The first kappa shape index (κ1) is 12.3. The second-order valence-electron chi connectivity index (χ2n) is 4.07. The summed E-state index contributed by atoms with van der Waals surface area (Å²) in [7, 11) is 0.380. The lowest BCUT2D eigenvalue weighted by Gasteiger charge is -2.14. The summed E-state index contributed by atoms with van der Waals surface area (Å²) in [6.45, 7) is 3.58. The summed E-state index contributed by atoms with van der Waals surface area (Å²) in [5, 5.41) is 3.99. The number of ether oxygens (including phenoxy) is 1. The number of benzene rings is 2. The molecule has 1 unspecified atom stereocenters. The van der Waals surface area contributed by atoms with E-state index in [1.54, 1.807) is 7.11 Å². The Labute approximate surface area is 104 Å². The van der Waals surface area contributed by atoms with Crippen LogP contribution in [0.2, 0.25) is 6.55 Å². The maximum Gasteiger partial charge on any atom is 0.205 e. The third-order valence-electron chi connectivity index (χ3n) is 2.92. The summed E-state index contributed by atoms with van der Waals surface area (Å²) in [5.41, 5.74) is 0. The van der Waals surface area contributed by atoms with E-state index in [0.717, 1.165) is 0 Å². The zero-order valence-corrected chi connectivity index (χ0v) is 11.5. The minimum absolute atomic E-state index is 0.669. The third-order valence-corrected chi connectivity index (χ3v) is 5.03. The SMILES string of the molecule is COCCO[SiH](C)c1cccc2ccccc12. The fourth-order valence-corrected chi connectivity index (χ4v) is 3.72. The molecule has 3 heteroatoms. The Hall–Kier alpha value is -1.16. The molecular weight excluding hydrogens is 228 g/mol. The van der Waals surface area contributed by atoms with Crippen LogP contribution >= 0.6 is 0 Å². The van der Waals surface area contributed by atoms with Crippen LogP contribution in [-0.4, -0.2) is 29.4 Å². The highest BCUT2D eigenvalue weighted by molar-refractivity contribution is 6.68. The van der Waals surface area contributed by atoms with Crippen LogP contribution < -0.4 is 5.19 Å². The number of rotatable bonds is 5. The van der Waals surface area contributed by atoms with Crippen LogP contribution in [0.3, 0.4) is 0 Å². The van der Waals surface area contributed by atoms with Crippen molar-refractivity contribution in [3.63, 3.8) is 0 Å². The first-order valence-electron chi connectivity index (χ1n) is 5.91. The van der Waals surface area contributed by atoms with Crippen molar-refractivity contribution in [2.24, 2.45) is 0 Å². The van der Waals surface area contributed by atoms with Crippen molar-refractivity contribution in [3.8, 4) is 0 Å². The Bertz CT molecular complexity index is 479. The van der Waals surface area contributed by atoms with Gasteiger partial charge in [-0.25, -0.2) is 0 Å². The standard InChI is InChI=1S/C14H18O2Si/c1-15-10-11-16-17(2)14-9-5-7-12-6-3-4-8-13(12)14/h3-9,17H,10-11H2,1-2H3. The molecule has 0 aliphatic rings. The molecule has 0 bridgehead atoms. The molecule has 2 rings (SSSR count). The van der Waals surface area contributed by atoms with Gasteiger partial charge in [-0.15, -0.1) is 0 Å². The van der Waals surface area contributed by atoms with E-state index < -0.39 is 9.04 Å². The van der Waals surface area contributed by atoms with Crippen molar-refractivity contribution in [1.82, 2.24) is 0 Å². The molecule has 0 aliphatic carbocycles. The zero-order valence-electron chi connectivity index (χ0n) is 10.3. The van der Waals surface area contributed by atoms with Crippen LogP contribution in [-0.2, 0) is 9.16 Å². The highest BCUT2D eigenvalue weighted by Gasteiger charge is 2.11. The van der Waals surface area contributed by atoms with E-state index in [-0.39, 0.29) is 0 Å². The highest BCUT2D eigenvalue weighted by atomic mass is 28.3. The van der Waals surface area contributed by atoms with E-state index >= 15 is 0 Å². The van der Waals surface area contributed by atoms with E-state index in [4.69, 9.17) is 9.16 Å². The van der Waals surface area contributed by atoms with E-state index in [1.165, 1.54) is 16.0 Å². The van der Waals surface area contributed by atoms with Crippen molar-refractivity contribution in [2.45, 2.75) is 6.55 Å². The summed E-state index contributed by atoms with van der Waals surface area (Å²) in [6.07, 6.45) is 0. The van der Waals surface area contributed by atoms with Crippen molar-refractivity contribution < 1.29 is 9.16 Å². The van der Waals surface area contributed by atoms with Crippen LogP contribution in [0.15, 0.2) is 42.5 Å². The van der Waals surface area contributed by atoms with E-state index in [2.05, 4.69) is 49.0 Å². The third kappa shape index (κ3) is 2.94. The molecule has 2 nitrogen and oxygen atoms in total. The minimum Gasteiger partial charge on any atom is -0.413 e. The smallest absolute Gasteiger partial charge is 0.205 e. The van der Waals surface area contributed by atoms with Gasteiger partial charge < -0.3 is 9.16 Å². The second-order valence-corrected chi connectivity index (χ2v) is 6.31. The molecule has 0 radical (unpaired) electrons. The van der Waals surface area contributed by atoms with Gasteiger partial charge in [0.25, 0.3) is 0 Å². The van der Waals surface area contributed by atoms with E-state index in [0.29, 0.717) is 13.2 Å². The van der Waals surface area contributed by atoms with Crippen LogP contribution in [0.25, 0.3) is 10.8 Å². The molecule has 0 aliphatic heterocycles. The minimum atomic E-state index is -1.32. The molecule has 0 aromatic heterocycles. The van der Waals surface area contributed by atoms with Gasteiger partial charge in [0.05, 0.1) is 13.2 Å². The zero-order chi connectivity index (χ0) is 12.1. The van der Waals surface area contributed by atoms with Crippen molar-refractivity contribution >= 4 is 25.0 Å². The summed E-state index contributed by atoms with van der Waals surface area (Å²) >= 11 is 0. The second kappa shape index (κ2) is 5.96. The number of hydrogen-bond acceptors (Lipinski definition) is 2. The lowest BCUT2D eigenvalue weighted by molar-refractivity contribution is 0.147. The van der Waals surface area contributed by atoms with Gasteiger partial charge in [-0.3, -0.25) is 0 Å². The van der Waals surface area contributed by atoms with E-state index in [9.17, 15) is 0 Å². The Morgan fingerprint density at radius 3 is 2.59 bits per heavy atom. The van der Waals surface area contributed by atoms with Crippen molar-refractivity contribution in [2.75, 3.05) is 20.3 Å². The highest BCUT2D eigenvalue weighted by Crippen LogP contribution is 2.11. The normalized spacial score (nSPS) is 12.8. The molecule has 90 valence electrons. The van der Waals surface area contributed by atoms with Gasteiger partial charge in [0, 0.05) is 7.11 Å². The molecule has 0 heterocycles. The fraction of sp³-hybridized carbons (Fsp3) is 0.286. The van der Waals surface area contributed by atoms with E-state index in [1.807, 2.05) is 0 Å². The first-order valence-corrected chi connectivity index (χ1v) is 8.11.